The van der Waals surface area contributed by atoms with Gasteiger partial charge >= 0.3 is 0 Å². The first kappa shape index (κ1) is 14.5. The van der Waals surface area contributed by atoms with Gasteiger partial charge in [-0.3, -0.25) is 4.68 Å². The molecule has 4 nitrogen and oxygen atoms in total. The molecule has 1 unspecified atom stereocenters. The number of nitrogens with one attached hydrogen (secondary N) is 1. The Hall–Kier alpha value is -0.870. The van der Waals surface area contributed by atoms with Gasteiger partial charge < -0.3 is 10.1 Å². The molecular formula is C15H27N3O. The van der Waals surface area contributed by atoms with Crippen LogP contribution >= 0.6 is 0 Å². The molecule has 1 aromatic rings. The molecule has 0 radical (unpaired) electrons. The van der Waals surface area contributed by atoms with Crippen molar-refractivity contribution in [2.75, 3.05) is 13.7 Å². The molecule has 0 aliphatic heterocycles. The first-order valence-corrected chi connectivity index (χ1v) is 7.54. The molecule has 0 aromatic carbocycles. The molecule has 1 fully saturated rings. The second kappa shape index (κ2) is 6.53. The van der Waals surface area contributed by atoms with Crippen molar-refractivity contribution in [3.63, 3.8) is 0 Å². The summed E-state index contributed by atoms with van der Waals surface area (Å²) in [6.07, 6.45) is 10.1. The molecule has 4 heteroatoms. The molecule has 1 atom stereocenters. The van der Waals surface area contributed by atoms with E-state index in [1.165, 1.54) is 31.2 Å². The zero-order valence-electron chi connectivity index (χ0n) is 12.5. The third-order valence-electron chi connectivity index (χ3n) is 4.39. The number of nitrogens with zero attached hydrogens (tertiary/aromatic N) is 2. The van der Waals surface area contributed by atoms with E-state index >= 15 is 0 Å². The van der Waals surface area contributed by atoms with E-state index in [9.17, 15) is 0 Å². The molecule has 0 amide bonds. The molecule has 1 N–H and O–H groups in total. The molecule has 0 saturated heterocycles. The molecule has 1 saturated carbocycles. The molecular weight excluding hydrogens is 238 g/mol. The van der Waals surface area contributed by atoms with Crippen molar-refractivity contribution in [1.82, 2.24) is 15.1 Å². The minimum atomic E-state index is 0.0182. The summed E-state index contributed by atoms with van der Waals surface area (Å²) in [6, 6.07) is 0.388. The fraction of sp³-hybridized carbons (Fsp3) is 0.800. The van der Waals surface area contributed by atoms with E-state index in [-0.39, 0.29) is 5.60 Å². The van der Waals surface area contributed by atoms with Crippen molar-refractivity contribution < 1.29 is 4.74 Å². The Balaban J connectivity index is 2.10. The summed E-state index contributed by atoms with van der Waals surface area (Å²) in [5.41, 5.74) is 1.32. The average molecular weight is 265 g/mol. The lowest BCUT2D eigenvalue weighted by Crippen LogP contribution is -2.51. The van der Waals surface area contributed by atoms with E-state index in [1.807, 2.05) is 18.0 Å². The quantitative estimate of drug-likeness (QED) is 0.822. The topological polar surface area (TPSA) is 39.1 Å². The van der Waals surface area contributed by atoms with Gasteiger partial charge in [0.15, 0.2) is 0 Å². The minimum absolute atomic E-state index is 0.0182. The number of aryl methyl sites for hydroxylation is 1. The minimum Gasteiger partial charge on any atom is -0.377 e. The maximum absolute atomic E-state index is 5.93. The highest BCUT2D eigenvalue weighted by molar-refractivity contribution is 5.10. The zero-order valence-corrected chi connectivity index (χ0v) is 12.5. The van der Waals surface area contributed by atoms with Crippen LogP contribution in [0.15, 0.2) is 12.4 Å². The van der Waals surface area contributed by atoms with Gasteiger partial charge in [-0.15, -0.1) is 0 Å². The Morgan fingerprint density at radius 2 is 2.16 bits per heavy atom. The van der Waals surface area contributed by atoms with Gasteiger partial charge in [-0.1, -0.05) is 19.8 Å². The number of ether oxygens (including phenoxy) is 1. The van der Waals surface area contributed by atoms with Crippen molar-refractivity contribution in [3.05, 3.63) is 18.0 Å². The summed E-state index contributed by atoms with van der Waals surface area (Å²) >= 11 is 0. The van der Waals surface area contributed by atoms with Crippen molar-refractivity contribution >= 4 is 0 Å². The summed E-state index contributed by atoms with van der Waals surface area (Å²) in [6.45, 7) is 6.20. The Bertz CT molecular complexity index is 382. The summed E-state index contributed by atoms with van der Waals surface area (Å²) in [7, 11) is 1.87. The van der Waals surface area contributed by atoms with Gasteiger partial charge in [-0.05, 0) is 38.3 Å². The molecule has 0 bridgehead atoms. The van der Waals surface area contributed by atoms with Crippen molar-refractivity contribution in [1.29, 1.82) is 0 Å². The smallest absolute Gasteiger partial charge is 0.0834 e. The molecule has 19 heavy (non-hydrogen) atoms. The summed E-state index contributed by atoms with van der Waals surface area (Å²) < 4.78 is 7.92. The van der Waals surface area contributed by atoms with Crippen LogP contribution < -0.4 is 5.32 Å². The SMILES string of the molecule is CCNC(Cc1cnn(CC)c1)C1(OC)CCCC1. The van der Waals surface area contributed by atoms with Crippen molar-refractivity contribution in [2.45, 2.75) is 64.1 Å². The lowest BCUT2D eigenvalue weighted by molar-refractivity contribution is -0.0351. The van der Waals surface area contributed by atoms with Crippen LogP contribution in [-0.2, 0) is 17.7 Å². The second-order valence-corrected chi connectivity index (χ2v) is 5.49. The lowest BCUT2D eigenvalue weighted by atomic mass is 9.88. The van der Waals surface area contributed by atoms with E-state index < -0.39 is 0 Å². The van der Waals surface area contributed by atoms with Gasteiger partial charge in [0, 0.05) is 25.9 Å². The number of rotatable bonds is 7. The summed E-state index contributed by atoms with van der Waals surface area (Å²) in [5.74, 6) is 0. The first-order chi connectivity index (χ1) is 9.24. The fourth-order valence-electron chi connectivity index (χ4n) is 3.28. The van der Waals surface area contributed by atoms with Crippen LogP contribution in [0.4, 0.5) is 0 Å². The van der Waals surface area contributed by atoms with Gasteiger partial charge in [0.25, 0.3) is 0 Å². The van der Waals surface area contributed by atoms with Gasteiger partial charge in [0.2, 0.25) is 0 Å². The third kappa shape index (κ3) is 3.18. The summed E-state index contributed by atoms with van der Waals surface area (Å²) in [5, 5.41) is 8.00. The molecule has 1 aromatic heterocycles. The average Bonchev–Trinajstić information content (AvgIpc) is 3.07. The number of aromatic nitrogens is 2. The molecule has 1 aliphatic rings. The molecule has 1 heterocycles. The first-order valence-electron chi connectivity index (χ1n) is 7.54. The predicted molar refractivity (Wildman–Crippen MR) is 77.3 cm³/mol. The standard InChI is InChI=1S/C15H27N3O/c1-4-16-14(15(19-3)8-6-7-9-15)10-13-11-17-18(5-2)12-13/h11-12,14,16H,4-10H2,1-3H3. The Kier molecular flexibility index (Phi) is 4.99. The molecule has 0 spiro atoms. The van der Waals surface area contributed by atoms with Gasteiger partial charge in [0.1, 0.15) is 0 Å². The molecule has 2 rings (SSSR count). The molecule has 1 aliphatic carbocycles. The number of hydrogen-bond donors (Lipinski definition) is 1. The highest BCUT2D eigenvalue weighted by Gasteiger charge is 2.41. The van der Waals surface area contributed by atoms with Crippen LogP contribution in [0.25, 0.3) is 0 Å². The highest BCUT2D eigenvalue weighted by atomic mass is 16.5. The van der Waals surface area contributed by atoms with E-state index in [2.05, 4.69) is 30.5 Å². The van der Waals surface area contributed by atoms with E-state index in [0.29, 0.717) is 6.04 Å². The van der Waals surface area contributed by atoms with Gasteiger partial charge in [-0.25, -0.2) is 0 Å². The maximum atomic E-state index is 5.93. The van der Waals surface area contributed by atoms with Crippen LogP contribution in [-0.4, -0.2) is 35.1 Å². The monoisotopic (exact) mass is 265 g/mol. The van der Waals surface area contributed by atoms with E-state index in [4.69, 9.17) is 4.74 Å². The van der Waals surface area contributed by atoms with Crippen LogP contribution in [0.1, 0.15) is 45.1 Å². The lowest BCUT2D eigenvalue weighted by Gasteiger charge is -2.37. The van der Waals surface area contributed by atoms with Crippen molar-refractivity contribution in [2.24, 2.45) is 0 Å². The predicted octanol–water partition coefficient (Wildman–Crippen LogP) is 2.38. The normalized spacial score (nSPS) is 19.7. The maximum Gasteiger partial charge on any atom is 0.0834 e. The second-order valence-electron chi connectivity index (χ2n) is 5.49. The fourth-order valence-corrected chi connectivity index (χ4v) is 3.28. The zero-order chi connectivity index (χ0) is 13.7. The van der Waals surface area contributed by atoms with Gasteiger partial charge in [0.05, 0.1) is 11.8 Å². The van der Waals surface area contributed by atoms with E-state index in [1.54, 1.807) is 0 Å². The van der Waals surface area contributed by atoms with E-state index in [0.717, 1.165) is 19.5 Å². The number of methoxy groups -OCH3 is 1. The highest BCUT2D eigenvalue weighted by Crippen LogP contribution is 2.36. The van der Waals surface area contributed by atoms with Crippen LogP contribution in [0.3, 0.4) is 0 Å². The van der Waals surface area contributed by atoms with Crippen LogP contribution in [0.2, 0.25) is 0 Å². The van der Waals surface area contributed by atoms with Crippen LogP contribution in [0.5, 0.6) is 0 Å². The van der Waals surface area contributed by atoms with Gasteiger partial charge in [-0.2, -0.15) is 5.10 Å². The Morgan fingerprint density at radius 1 is 1.42 bits per heavy atom. The van der Waals surface area contributed by atoms with Crippen LogP contribution in [0, 0.1) is 0 Å². The number of likely N-dealkylation sites (N-methyl/N-ethyl adjacent to an activating group) is 1. The Morgan fingerprint density at radius 3 is 2.68 bits per heavy atom. The molecule has 108 valence electrons. The summed E-state index contributed by atoms with van der Waals surface area (Å²) in [4.78, 5) is 0. The third-order valence-corrected chi connectivity index (χ3v) is 4.39. The Labute approximate surface area is 116 Å². The largest absolute Gasteiger partial charge is 0.377 e. The number of hydrogen-bond acceptors (Lipinski definition) is 3. The van der Waals surface area contributed by atoms with Crippen molar-refractivity contribution in [3.8, 4) is 0 Å².